The number of hydrogen-bond donors (Lipinski definition) is 0. The molecular formula is H6F3O3-3. The second-order valence-electron chi connectivity index (χ2n) is 0. The van der Waals surface area contributed by atoms with Crippen LogP contribution in [0.25, 0.3) is 0 Å². The maximum Gasteiger partial charge on any atom is -0.412 e. The fourth-order valence-electron chi connectivity index (χ4n) is 0. The lowest BCUT2D eigenvalue weighted by molar-refractivity contribution is -0.00100. The van der Waals surface area contributed by atoms with Crippen molar-refractivity contribution in [1.29, 1.82) is 0 Å². The zero-order valence-electron chi connectivity index (χ0n) is 2.63. The topological polar surface area (TPSA) is 94.5 Å². The van der Waals surface area contributed by atoms with Gasteiger partial charge in [0.25, 0.3) is 0 Å². The monoisotopic (exact) mass is 111 g/mol. The van der Waals surface area contributed by atoms with Crippen molar-refractivity contribution >= 4 is 0 Å². The molecule has 3 nitrogen and oxygen atoms in total. The highest BCUT2D eigenvalue weighted by Gasteiger charge is -0.409. The molecule has 0 aromatic rings. The van der Waals surface area contributed by atoms with Crippen LogP contribution in [-0.4, -0.2) is 16.4 Å². The Morgan fingerprint density at radius 3 is 0.333 bits per heavy atom. The van der Waals surface area contributed by atoms with E-state index in [1.54, 1.807) is 0 Å². The molecule has 6 N–H and O–H groups in total. The van der Waals surface area contributed by atoms with Gasteiger partial charge in [0.1, 0.15) is 0 Å². The minimum absolute atomic E-state index is 0. The summed E-state index contributed by atoms with van der Waals surface area (Å²) in [5.41, 5.74) is 0. The third kappa shape index (κ3) is 240. The molecule has 0 atom stereocenters. The van der Waals surface area contributed by atoms with Gasteiger partial charge in [-0.05, 0) is 0 Å². The van der Waals surface area contributed by atoms with Crippen molar-refractivity contribution in [3.63, 3.8) is 0 Å². The summed E-state index contributed by atoms with van der Waals surface area (Å²) in [6.45, 7) is 0. The highest BCUT2D eigenvalue weighted by Crippen LogP contribution is -0.287. The largest absolute Gasteiger partial charge is 1.00 e. The second-order valence-corrected chi connectivity index (χ2v) is 0. The maximum absolute atomic E-state index is 0. The van der Waals surface area contributed by atoms with Gasteiger partial charge in [0.15, 0.2) is 0 Å². The van der Waals surface area contributed by atoms with Crippen LogP contribution in [0.1, 0.15) is 0 Å². The Morgan fingerprint density at radius 2 is 0.333 bits per heavy atom. The molecule has 0 aliphatic heterocycles. The lowest BCUT2D eigenvalue weighted by Crippen LogP contribution is -3.00. The Bertz CT molecular complexity index is 6.00. The minimum atomic E-state index is 0. The zero-order valence-corrected chi connectivity index (χ0v) is 2.63. The molecule has 0 fully saturated rings. The Labute approximate surface area is 32.0 Å². The molecule has 6 heteroatoms. The van der Waals surface area contributed by atoms with Gasteiger partial charge in [-0.3, -0.25) is 0 Å². The molecule has 0 aromatic heterocycles. The summed E-state index contributed by atoms with van der Waals surface area (Å²) < 4.78 is 0. The molecule has 0 saturated heterocycles. The number of halogens is 3. The van der Waals surface area contributed by atoms with Crippen LogP contribution in [-0.2, 0) is 0 Å². The zero-order chi connectivity index (χ0) is 0. The highest BCUT2D eigenvalue weighted by atomic mass is 19.0. The van der Waals surface area contributed by atoms with E-state index in [-0.39, 0.29) is 30.5 Å². The fraction of sp³-hybridized carbons (Fsp3) is 0. The van der Waals surface area contributed by atoms with E-state index < -0.39 is 0 Å². The average Bonchev–Trinajstić information content (AvgIpc) is 0. The number of hydrogen-bond acceptors (Lipinski definition) is 0. The SMILES string of the molecule is O.O.O.[F-].[F-].[F-]. The van der Waals surface area contributed by atoms with Crippen LogP contribution in [0, 0.1) is 0 Å². The van der Waals surface area contributed by atoms with Crippen LogP contribution in [0.15, 0.2) is 0 Å². The Morgan fingerprint density at radius 1 is 0.333 bits per heavy atom. The van der Waals surface area contributed by atoms with Gasteiger partial charge in [0, 0.05) is 0 Å². The number of rotatable bonds is 0. The van der Waals surface area contributed by atoms with E-state index in [1.165, 1.54) is 0 Å². The van der Waals surface area contributed by atoms with Gasteiger partial charge in [-0.15, -0.1) is 0 Å². The summed E-state index contributed by atoms with van der Waals surface area (Å²) in [4.78, 5) is 0. The molecule has 0 rings (SSSR count). The molecule has 0 aliphatic rings. The van der Waals surface area contributed by atoms with Gasteiger partial charge in [0.05, 0.1) is 0 Å². The van der Waals surface area contributed by atoms with E-state index in [2.05, 4.69) is 0 Å². The van der Waals surface area contributed by atoms with Crippen molar-refractivity contribution in [1.82, 2.24) is 0 Å². The molecule has 48 valence electrons. The van der Waals surface area contributed by atoms with Crippen molar-refractivity contribution in [3.8, 4) is 0 Å². The summed E-state index contributed by atoms with van der Waals surface area (Å²) in [7, 11) is 0. The Kier molecular flexibility index (Phi) is 109000. The third-order valence-electron chi connectivity index (χ3n) is 0. The quantitative estimate of drug-likeness (QED) is 0.297. The van der Waals surface area contributed by atoms with Crippen molar-refractivity contribution in [2.45, 2.75) is 0 Å². The Balaban J connectivity index is 0. The predicted octanol–water partition coefficient (Wildman–Crippen LogP) is -11.5. The lowest BCUT2D eigenvalue weighted by atomic mass is 16.0. The van der Waals surface area contributed by atoms with Crippen molar-refractivity contribution in [2.75, 3.05) is 0 Å². The van der Waals surface area contributed by atoms with E-state index in [4.69, 9.17) is 0 Å². The normalized spacial score (nSPS) is 0. The Hall–Kier alpha value is -0.330. The van der Waals surface area contributed by atoms with E-state index >= 15 is 0 Å². The molecule has 0 radical (unpaired) electrons. The van der Waals surface area contributed by atoms with Gasteiger partial charge in [0.2, 0.25) is 0 Å². The van der Waals surface area contributed by atoms with Gasteiger partial charge >= 0.3 is 0 Å². The summed E-state index contributed by atoms with van der Waals surface area (Å²) >= 11 is 0. The average molecular weight is 111 g/mol. The standard InChI is InChI=1S/3FH.3H2O/h3*1H;3*1H2/p-3. The molecule has 0 aliphatic carbocycles. The van der Waals surface area contributed by atoms with E-state index in [1.807, 2.05) is 0 Å². The van der Waals surface area contributed by atoms with Crippen LogP contribution in [0.4, 0.5) is 0 Å². The van der Waals surface area contributed by atoms with Crippen LogP contribution >= 0.6 is 0 Å². The molecule has 0 heterocycles. The molecule has 6 heavy (non-hydrogen) atoms. The molecule has 0 saturated carbocycles. The first-order chi connectivity index (χ1) is 0. The summed E-state index contributed by atoms with van der Waals surface area (Å²) in [5.74, 6) is 0. The van der Waals surface area contributed by atoms with Crippen LogP contribution in [0.2, 0.25) is 0 Å². The first kappa shape index (κ1) is 1140. The van der Waals surface area contributed by atoms with Crippen LogP contribution in [0.5, 0.6) is 0 Å². The van der Waals surface area contributed by atoms with E-state index in [0.717, 1.165) is 0 Å². The second kappa shape index (κ2) is 578. The summed E-state index contributed by atoms with van der Waals surface area (Å²) in [5, 5.41) is 0. The molecule has 0 spiro atoms. The maximum atomic E-state index is 0. The van der Waals surface area contributed by atoms with Gasteiger partial charge in [-0.25, -0.2) is 0 Å². The van der Waals surface area contributed by atoms with Crippen molar-refractivity contribution < 1.29 is 30.5 Å². The van der Waals surface area contributed by atoms with Gasteiger partial charge in [-0.2, -0.15) is 0 Å². The van der Waals surface area contributed by atoms with Crippen LogP contribution in [0.3, 0.4) is 0 Å². The first-order valence-electron chi connectivity index (χ1n) is 0. The van der Waals surface area contributed by atoms with Crippen molar-refractivity contribution in [2.24, 2.45) is 0 Å². The smallest absolute Gasteiger partial charge is 0.412 e. The predicted molar refractivity (Wildman–Crippen MR) is 10.8 cm³/mol. The minimum Gasteiger partial charge on any atom is -1.00 e. The molecular weight excluding hydrogens is 105 g/mol. The molecule has 0 aromatic carbocycles. The highest BCUT2D eigenvalue weighted by molar-refractivity contribution is 0.826. The molecule has 0 unspecified atom stereocenters. The summed E-state index contributed by atoms with van der Waals surface area (Å²) in [6, 6.07) is 0. The van der Waals surface area contributed by atoms with Crippen LogP contribution < -0.4 is 14.1 Å². The molecule has 0 amide bonds. The fourth-order valence-corrected chi connectivity index (χ4v) is 0. The van der Waals surface area contributed by atoms with Gasteiger partial charge < -0.3 is 30.5 Å². The van der Waals surface area contributed by atoms with E-state index in [0.29, 0.717) is 0 Å². The first-order valence-corrected chi connectivity index (χ1v) is 0. The van der Waals surface area contributed by atoms with Gasteiger partial charge in [-0.1, -0.05) is 0 Å². The third-order valence-corrected chi connectivity index (χ3v) is 0. The van der Waals surface area contributed by atoms with E-state index in [9.17, 15) is 0 Å². The molecule has 0 bridgehead atoms. The lowest BCUT2D eigenvalue weighted by Gasteiger charge is -1.00. The van der Waals surface area contributed by atoms with Crippen molar-refractivity contribution in [3.05, 3.63) is 0 Å². The summed E-state index contributed by atoms with van der Waals surface area (Å²) in [6.07, 6.45) is 0.